The third-order valence-electron chi connectivity index (χ3n) is 2.14. The van der Waals surface area contributed by atoms with Gasteiger partial charge in [-0.15, -0.1) is 0 Å². The van der Waals surface area contributed by atoms with Crippen LogP contribution in [-0.2, 0) is 14.8 Å². The molecule has 0 spiro atoms. The molecule has 0 saturated heterocycles. The number of hydrogen-bond donors (Lipinski definition) is 3. The van der Waals surface area contributed by atoms with Gasteiger partial charge in [-0.25, -0.2) is 13.1 Å². The molecule has 7 nitrogen and oxygen atoms in total. The van der Waals surface area contributed by atoms with Gasteiger partial charge in [-0.05, 0) is 12.8 Å². The number of hydrogen-bond acceptors (Lipinski definition) is 4. The predicted octanol–water partition coefficient (Wildman–Crippen LogP) is 0.333. The molecule has 0 saturated carbocycles. The van der Waals surface area contributed by atoms with Gasteiger partial charge in [-0.2, -0.15) is 5.10 Å². The second kappa shape index (κ2) is 6.36. The highest BCUT2D eigenvalue weighted by Gasteiger charge is 2.13. The SMILES string of the molecule is O=C(O)CCCCCNS(=O)(=O)c1cn[nH]c1. The van der Waals surface area contributed by atoms with E-state index in [1.165, 1.54) is 12.4 Å². The Balaban J connectivity index is 2.21. The Labute approximate surface area is 99.3 Å². The van der Waals surface area contributed by atoms with E-state index < -0.39 is 16.0 Å². The fourth-order valence-electron chi connectivity index (χ4n) is 1.25. The van der Waals surface area contributed by atoms with Crippen molar-refractivity contribution in [3.63, 3.8) is 0 Å². The molecule has 3 N–H and O–H groups in total. The minimum absolute atomic E-state index is 0.100. The molecule has 1 aromatic heterocycles. The molecule has 96 valence electrons. The molecule has 0 atom stereocenters. The number of carbonyl (C=O) groups is 1. The first-order valence-corrected chi connectivity index (χ1v) is 6.71. The summed E-state index contributed by atoms with van der Waals surface area (Å²) in [5, 5.41) is 14.4. The van der Waals surface area contributed by atoms with E-state index in [4.69, 9.17) is 5.11 Å². The highest BCUT2D eigenvalue weighted by atomic mass is 32.2. The number of aliphatic carboxylic acids is 1. The van der Waals surface area contributed by atoms with Crippen LogP contribution in [-0.4, -0.2) is 36.2 Å². The lowest BCUT2D eigenvalue weighted by Crippen LogP contribution is -2.24. The first kappa shape index (κ1) is 13.7. The number of rotatable bonds is 8. The fourth-order valence-corrected chi connectivity index (χ4v) is 2.23. The van der Waals surface area contributed by atoms with Crippen molar-refractivity contribution >= 4 is 16.0 Å². The Morgan fingerprint density at radius 1 is 1.41 bits per heavy atom. The second-order valence-corrected chi connectivity index (χ2v) is 5.30. The molecule has 8 heteroatoms. The van der Waals surface area contributed by atoms with Crippen LogP contribution >= 0.6 is 0 Å². The molecule has 0 radical (unpaired) electrons. The molecular weight excluding hydrogens is 246 g/mol. The Morgan fingerprint density at radius 2 is 2.18 bits per heavy atom. The summed E-state index contributed by atoms with van der Waals surface area (Å²) >= 11 is 0. The van der Waals surface area contributed by atoms with Gasteiger partial charge in [0.15, 0.2) is 0 Å². The molecular formula is C9H15N3O4S. The van der Waals surface area contributed by atoms with Crippen LogP contribution in [0.5, 0.6) is 0 Å². The van der Waals surface area contributed by atoms with Crippen LogP contribution < -0.4 is 4.72 Å². The zero-order chi connectivity index (χ0) is 12.7. The van der Waals surface area contributed by atoms with E-state index in [2.05, 4.69) is 14.9 Å². The summed E-state index contributed by atoms with van der Waals surface area (Å²) in [5.41, 5.74) is 0. The maximum absolute atomic E-state index is 11.6. The molecule has 0 aromatic carbocycles. The Hall–Kier alpha value is -1.41. The first-order chi connectivity index (χ1) is 8.02. The third-order valence-corrected chi connectivity index (χ3v) is 3.57. The van der Waals surface area contributed by atoms with Crippen molar-refractivity contribution in [2.45, 2.75) is 30.6 Å². The fraction of sp³-hybridized carbons (Fsp3) is 0.556. The maximum Gasteiger partial charge on any atom is 0.303 e. The van der Waals surface area contributed by atoms with Gasteiger partial charge in [-0.3, -0.25) is 9.89 Å². The second-order valence-electron chi connectivity index (χ2n) is 3.54. The standard InChI is InChI=1S/C9H15N3O4S/c13-9(14)4-2-1-3-5-12-17(15,16)8-6-10-11-7-8/h6-7,12H,1-5H2,(H,10,11)(H,13,14). The lowest BCUT2D eigenvalue weighted by molar-refractivity contribution is -0.137. The van der Waals surface area contributed by atoms with Crippen LogP contribution in [0.2, 0.25) is 0 Å². The number of nitrogens with zero attached hydrogens (tertiary/aromatic N) is 1. The summed E-state index contributed by atoms with van der Waals surface area (Å²) in [6, 6.07) is 0. The van der Waals surface area contributed by atoms with Crippen molar-refractivity contribution in [1.82, 2.24) is 14.9 Å². The number of H-pyrrole nitrogens is 1. The van der Waals surface area contributed by atoms with E-state index in [1.807, 2.05) is 0 Å². The van der Waals surface area contributed by atoms with Gasteiger partial charge in [0.25, 0.3) is 0 Å². The van der Waals surface area contributed by atoms with Crippen LogP contribution in [0.4, 0.5) is 0 Å². The van der Waals surface area contributed by atoms with Crippen molar-refractivity contribution in [2.75, 3.05) is 6.54 Å². The van der Waals surface area contributed by atoms with Crippen molar-refractivity contribution < 1.29 is 18.3 Å². The highest BCUT2D eigenvalue weighted by Crippen LogP contribution is 2.05. The molecule has 1 aromatic rings. The van der Waals surface area contributed by atoms with E-state index in [0.717, 1.165) is 0 Å². The molecule has 1 rings (SSSR count). The molecule has 0 fully saturated rings. The smallest absolute Gasteiger partial charge is 0.303 e. The van der Waals surface area contributed by atoms with Crippen molar-refractivity contribution in [3.05, 3.63) is 12.4 Å². The van der Waals surface area contributed by atoms with Gasteiger partial charge in [0.2, 0.25) is 10.0 Å². The van der Waals surface area contributed by atoms with Crippen LogP contribution in [0.1, 0.15) is 25.7 Å². The van der Waals surface area contributed by atoms with Crippen LogP contribution in [0.3, 0.4) is 0 Å². The lowest BCUT2D eigenvalue weighted by atomic mass is 10.2. The summed E-state index contributed by atoms with van der Waals surface area (Å²) in [6.07, 6.45) is 4.50. The number of nitrogens with one attached hydrogen (secondary N) is 2. The molecule has 0 aliphatic heterocycles. The van der Waals surface area contributed by atoms with Gasteiger partial charge in [-0.1, -0.05) is 6.42 Å². The molecule has 1 heterocycles. The molecule has 0 unspecified atom stereocenters. The van der Waals surface area contributed by atoms with Crippen molar-refractivity contribution in [1.29, 1.82) is 0 Å². The van der Waals surface area contributed by atoms with Gasteiger partial charge in [0.05, 0.1) is 6.20 Å². The van der Waals surface area contributed by atoms with Crippen LogP contribution in [0, 0.1) is 0 Å². The maximum atomic E-state index is 11.6. The van der Waals surface area contributed by atoms with E-state index in [9.17, 15) is 13.2 Å². The van der Waals surface area contributed by atoms with E-state index >= 15 is 0 Å². The zero-order valence-corrected chi connectivity index (χ0v) is 10.0. The predicted molar refractivity (Wildman–Crippen MR) is 59.9 cm³/mol. The molecule has 0 bridgehead atoms. The van der Waals surface area contributed by atoms with E-state index in [0.29, 0.717) is 25.8 Å². The Kier molecular flexibility index (Phi) is 5.11. The number of carboxylic acids is 1. The van der Waals surface area contributed by atoms with E-state index in [-0.39, 0.29) is 11.3 Å². The first-order valence-electron chi connectivity index (χ1n) is 5.22. The minimum atomic E-state index is -3.48. The molecule has 0 amide bonds. The van der Waals surface area contributed by atoms with Crippen LogP contribution in [0.25, 0.3) is 0 Å². The summed E-state index contributed by atoms with van der Waals surface area (Å²) in [7, 11) is -3.48. The molecule has 0 aliphatic carbocycles. The van der Waals surface area contributed by atoms with Gasteiger partial charge in [0.1, 0.15) is 4.90 Å². The average molecular weight is 261 g/mol. The summed E-state index contributed by atoms with van der Waals surface area (Å²) < 4.78 is 25.6. The largest absolute Gasteiger partial charge is 0.481 e. The van der Waals surface area contributed by atoms with Crippen molar-refractivity contribution in [3.8, 4) is 0 Å². The quantitative estimate of drug-likeness (QED) is 0.584. The summed E-state index contributed by atoms with van der Waals surface area (Å²) in [4.78, 5) is 10.3. The van der Waals surface area contributed by atoms with Crippen molar-refractivity contribution in [2.24, 2.45) is 0 Å². The number of aromatic amines is 1. The number of sulfonamides is 1. The third kappa shape index (κ3) is 4.96. The average Bonchev–Trinajstić information content (AvgIpc) is 2.76. The van der Waals surface area contributed by atoms with Gasteiger partial charge >= 0.3 is 5.97 Å². The molecule has 17 heavy (non-hydrogen) atoms. The van der Waals surface area contributed by atoms with Gasteiger partial charge in [0, 0.05) is 19.2 Å². The van der Waals surface area contributed by atoms with Gasteiger partial charge < -0.3 is 5.11 Å². The molecule has 0 aliphatic rings. The summed E-state index contributed by atoms with van der Waals surface area (Å²) in [5.74, 6) is -0.830. The monoisotopic (exact) mass is 261 g/mol. The highest BCUT2D eigenvalue weighted by molar-refractivity contribution is 7.89. The minimum Gasteiger partial charge on any atom is -0.481 e. The lowest BCUT2D eigenvalue weighted by Gasteiger charge is -2.03. The number of carboxylic acid groups (broad SMARTS) is 1. The normalized spacial score (nSPS) is 11.5. The number of unbranched alkanes of at least 4 members (excludes halogenated alkanes) is 2. The number of aromatic nitrogens is 2. The zero-order valence-electron chi connectivity index (χ0n) is 9.22. The van der Waals surface area contributed by atoms with E-state index in [1.54, 1.807) is 0 Å². The topological polar surface area (TPSA) is 112 Å². The Morgan fingerprint density at radius 3 is 2.76 bits per heavy atom. The van der Waals surface area contributed by atoms with Crippen LogP contribution in [0.15, 0.2) is 17.3 Å². The Bertz CT molecular complexity index is 441. The summed E-state index contributed by atoms with van der Waals surface area (Å²) in [6.45, 7) is 0.299.